The summed E-state index contributed by atoms with van der Waals surface area (Å²) in [5.74, 6) is 5.27. The molecule has 4 N–H and O–H groups in total. The number of aryl methyl sites for hydroxylation is 1. The molecule has 0 amide bonds. The van der Waals surface area contributed by atoms with Gasteiger partial charge < -0.3 is 10.3 Å². The molecular formula is C14H23N5O2S. The van der Waals surface area contributed by atoms with Crippen molar-refractivity contribution < 1.29 is 8.42 Å². The summed E-state index contributed by atoms with van der Waals surface area (Å²) in [4.78, 5) is 2.43. The molecule has 1 heterocycles. The Morgan fingerprint density at radius 3 is 2.50 bits per heavy atom. The third kappa shape index (κ3) is 3.30. The highest BCUT2D eigenvalue weighted by atomic mass is 32.2. The topological polar surface area (TPSA) is 103 Å². The highest BCUT2D eigenvalue weighted by Crippen LogP contribution is 2.20. The number of amidine groups is 1. The molecule has 1 fully saturated rings. The number of benzene rings is 1. The van der Waals surface area contributed by atoms with E-state index >= 15 is 0 Å². The molecule has 122 valence electrons. The smallest absolute Gasteiger partial charge is 0.243 e. The zero-order chi connectivity index (χ0) is 16.3. The highest BCUT2D eigenvalue weighted by Gasteiger charge is 2.28. The van der Waals surface area contributed by atoms with Crippen LogP contribution in [-0.2, 0) is 10.0 Å². The molecule has 7 nitrogen and oxygen atoms in total. The van der Waals surface area contributed by atoms with E-state index in [-0.39, 0.29) is 10.7 Å². The van der Waals surface area contributed by atoms with Crippen LogP contribution in [0.15, 0.2) is 23.1 Å². The summed E-state index contributed by atoms with van der Waals surface area (Å²) in [6.07, 6.45) is 0. The molecule has 1 aliphatic heterocycles. The molecule has 1 aromatic carbocycles. The van der Waals surface area contributed by atoms with E-state index in [0.717, 1.165) is 25.2 Å². The van der Waals surface area contributed by atoms with Crippen molar-refractivity contribution in [2.75, 3.05) is 32.7 Å². The van der Waals surface area contributed by atoms with Gasteiger partial charge in [0, 0.05) is 31.7 Å². The molecule has 0 radical (unpaired) electrons. The number of hydrogen-bond donors (Lipinski definition) is 3. The second kappa shape index (κ2) is 6.74. The molecular weight excluding hydrogens is 302 g/mol. The van der Waals surface area contributed by atoms with Gasteiger partial charge in [-0.25, -0.2) is 14.3 Å². The number of rotatable bonds is 4. The Morgan fingerprint density at radius 1 is 1.32 bits per heavy atom. The molecule has 0 aliphatic carbocycles. The second-order valence-electron chi connectivity index (χ2n) is 5.33. The van der Waals surface area contributed by atoms with Crippen molar-refractivity contribution in [3.63, 3.8) is 0 Å². The van der Waals surface area contributed by atoms with Crippen LogP contribution in [0.5, 0.6) is 0 Å². The third-order valence-electron chi connectivity index (χ3n) is 4.04. The van der Waals surface area contributed by atoms with Crippen molar-refractivity contribution in [3.8, 4) is 0 Å². The minimum Gasteiger partial charge on any atom is -0.308 e. The number of nitrogens with zero attached hydrogens (tertiary/aromatic N) is 2. The lowest BCUT2D eigenvalue weighted by molar-refractivity contribution is 0.196. The molecule has 0 aromatic heterocycles. The van der Waals surface area contributed by atoms with Gasteiger partial charge in [-0.1, -0.05) is 13.0 Å². The van der Waals surface area contributed by atoms with Crippen molar-refractivity contribution in [1.29, 1.82) is 5.41 Å². The Hall–Kier alpha value is -1.48. The van der Waals surface area contributed by atoms with Gasteiger partial charge in [-0.15, -0.1) is 0 Å². The summed E-state index contributed by atoms with van der Waals surface area (Å²) in [7, 11) is -3.53. The van der Waals surface area contributed by atoms with E-state index in [9.17, 15) is 8.42 Å². The van der Waals surface area contributed by atoms with Crippen LogP contribution < -0.4 is 11.3 Å². The molecule has 8 heteroatoms. The molecule has 1 saturated heterocycles. The minimum atomic E-state index is -3.53. The van der Waals surface area contributed by atoms with Crippen LogP contribution in [0.2, 0.25) is 0 Å². The fraction of sp³-hybridized carbons (Fsp3) is 0.500. The van der Waals surface area contributed by atoms with E-state index in [1.807, 2.05) is 6.92 Å². The monoisotopic (exact) mass is 325 g/mol. The van der Waals surface area contributed by atoms with Crippen LogP contribution in [0.25, 0.3) is 0 Å². The first-order valence-corrected chi connectivity index (χ1v) is 8.73. The lowest BCUT2D eigenvalue weighted by atomic mass is 10.1. The van der Waals surface area contributed by atoms with E-state index in [0.29, 0.717) is 18.7 Å². The Kier molecular flexibility index (Phi) is 5.17. The second-order valence-corrected chi connectivity index (χ2v) is 7.27. The van der Waals surface area contributed by atoms with Gasteiger partial charge in [0.2, 0.25) is 10.0 Å². The number of nitrogens with one attached hydrogen (secondary N) is 2. The lowest BCUT2D eigenvalue weighted by Gasteiger charge is -2.33. The fourth-order valence-electron chi connectivity index (χ4n) is 2.54. The maximum atomic E-state index is 12.7. The summed E-state index contributed by atoms with van der Waals surface area (Å²) in [5, 5.41) is 7.77. The molecule has 0 unspecified atom stereocenters. The van der Waals surface area contributed by atoms with Crippen molar-refractivity contribution in [2.45, 2.75) is 18.7 Å². The first-order valence-electron chi connectivity index (χ1n) is 7.28. The minimum absolute atomic E-state index is 0.00496. The number of likely N-dealkylation sites (N-methyl/N-ethyl adjacent to an activating group) is 1. The summed E-state index contributed by atoms with van der Waals surface area (Å²) in [6.45, 7) is 7.29. The SMILES string of the molecule is CCN1CCN(S(=O)(=O)c2ccc(C)c(C(=N)NN)c2)CC1. The van der Waals surface area contributed by atoms with Gasteiger partial charge in [-0.2, -0.15) is 4.31 Å². The van der Waals surface area contributed by atoms with Gasteiger partial charge in [0.05, 0.1) is 4.90 Å². The number of hydrogen-bond acceptors (Lipinski definition) is 5. The summed E-state index contributed by atoms with van der Waals surface area (Å²) >= 11 is 0. The molecule has 2 rings (SSSR count). The average molecular weight is 325 g/mol. The van der Waals surface area contributed by atoms with E-state index in [1.54, 1.807) is 12.1 Å². The highest BCUT2D eigenvalue weighted by molar-refractivity contribution is 7.89. The zero-order valence-electron chi connectivity index (χ0n) is 13.0. The lowest BCUT2D eigenvalue weighted by Crippen LogP contribution is -2.48. The Bertz CT molecular complexity index is 651. The molecule has 0 atom stereocenters. The third-order valence-corrected chi connectivity index (χ3v) is 5.93. The molecule has 22 heavy (non-hydrogen) atoms. The Balaban J connectivity index is 2.28. The standard InChI is InChI=1S/C14H23N5O2S/c1-3-18-6-8-19(9-7-18)22(20,21)12-5-4-11(2)13(10-12)14(15)17-16/h4-5,10H,3,6-9,16H2,1-2H3,(H2,15,17). The van der Waals surface area contributed by atoms with Crippen molar-refractivity contribution in [3.05, 3.63) is 29.3 Å². The molecule has 1 aliphatic rings. The van der Waals surface area contributed by atoms with Crippen LogP contribution >= 0.6 is 0 Å². The van der Waals surface area contributed by atoms with Crippen molar-refractivity contribution >= 4 is 15.9 Å². The van der Waals surface area contributed by atoms with Gasteiger partial charge in [-0.3, -0.25) is 5.41 Å². The van der Waals surface area contributed by atoms with Crippen LogP contribution in [0.3, 0.4) is 0 Å². The number of sulfonamides is 1. The van der Waals surface area contributed by atoms with Crippen LogP contribution in [0, 0.1) is 12.3 Å². The first-order chi connectivity index (χ1) is 10.4. The maximum absolute atomic E-state index is 12.7. The normalized spacial score (nSPS) is 17.4. The van der Waals surface area contributed by atoms with Gasteiger partial charge >= 0.3 is 0 Å². The molecule has 0 bridgehead atoms. The average Bonchev–Trinajstić information content (AvgIpc) is 2.54. The summed E-state index contributed by atoms with van der Waals surface area (Å²) < 4.78 is 27.0. The van der Waals surface area contributed by atoms with Gasteiger partial charge in [0.15, 0.2) is 0 Å². The van der Waals surface area contributed by atoms with Crippen LogP contribution in [-0.4, -0.2) is 56.2 Å². The summed E-state index contributed by atoms with van der Waals surface area (Å²) in [6, 6.07) is 4.81. The largest absolute Gasteiger partial charge is 0.308 e. The van der Waals surface area contributed by atoms with E-state index in [1.165, 1.54) is 10.4 Å². The van der Waals surface area contributed by atoms with Crippen molar-refractivity contribution in [1.82, 2.24) is 14.6 Å². The number of hydrazine groups is 1. The van der Waals surface area contributed by atoms with E-state index in [2.05, 4.69) is 17.2 Å². The van der Waals surface area contributed by atoms with Gasteiger partial charge in [-0.05, 0) is 31.2 Å². The van der Waals surface area contributed by atoms with E-state index in [4.69, 9.17) is 11.3 Å². The fourth-order valence-corrected chi connectivity index (χ4v) is 3.99. The quantitative estimate of drug-likeness (QED) is 0.316. The van der Waals surface area contributed by atoms with Gasteiger partial charge in [0.25, 0.3) is 0 Å². The van der Waals surface area contributed by atoms with Crippen LogP contribution in [0.4, 0.5) is 0 Å². The number of piperazine rings is 1. The Labute approximate surface area is 131 Å². The maximum Gasteiger partial charge on any atom is 0.243 e. The van der Waals surface area contributed by atoms with E-state index < -0.39 is 10.0 Å². The predicted octanol–water partition coefficient (Wildman–Crippen LogP) is 0.110. The molecule has 0 saturated carbocycles. The van der Waals surface area contributed by atoms with Crippen molar-refractivity contribution in [2.24, 2.45) is 5.84 Å². The molecule has 0 spiro atoms. The van der Waals surface area contributed by atoms with Gasteiger partial charge in [0.1, 0.15) is 5.84 Å². The summed E-state index contributed by atoms with van der Waals surface area (Å²) in [5.41, 5.74) is 3.56. The van der Waals surface area contributed by atoms with Crippen LogP contribution in [0.1, 0.15) is 18.1 Å². The Morgan fingerprint density at radius 2 is 1.95 bits per heavy atom. The predicted molar refractivity (Wildman–Crippen MR) is 86.2 cm³/mol. The molecule has 1 aromatic rings. The first kappa shape index (κ1) is 16.9. The zero-order valence-corrected chi connectivity index (χ0v) is 13.8. The number of nitrogens with two attached hydrogens (primary N) is 1.